The third kappa shape index (κ3) is 8.37. The number of hydrogen-bond acceptors (Lipinski definition) is 5. The number of hydrogen-bond donors (Lipinski definition) is 1. The Morgan fingerprint density at radius 2 is 1.79 bits per heavy atom. The van der Waals surface area contributed by atoms with Gasteiger partial charge in [0, 0.05) is 31.0 Å². The summed E-state index contributed by atoms with van der Waals surface area (Å²) in [5, 5.41) is 2.89. The molecule has 0 spiro atoms. The zero-order valence-electron chi connectivity index (χ0n) is 16.8. The first kappa shape index (κ1) is 23.1. The monoisotopic (exact) mass is 436 g/mol. The highest BCUT2D eigenvalue weighted by molar-refractivity contribution is 7.98. The molecule has 29 heavy (non-hydrogen) atoms. The molecule has 6 nitrogen and oxygen atoms in total. The number of amides is 1. The fraction of sp³-hybridized carbons (Fsp3) is 0.381. The molecule has 8 heteroatoms. The predicted molar refractivity (Wildman–Crippen MR) is 120 cm³/mol. The summed E-state index contributed by atoms with van der Waals surface area (Å²) in [6.07, 6.45) is 1.90. The predicted octanol–water partition coefficient (Wildman–Crippen LogP) is 3.29. The molecule has 1 amide bonds. The standard InChI is InChI=1S/C21H28N2O4S2/c1-27-20-12-10-19(11-13-20)23(29(2,25)26)15-6-9-21(24)22-14-16-28-17-18-7-4-3-5-8-18/h3-5,7-8,10-13H,6,9,14-17H2,1-2H3,(H,22,24). The molecule has 0 aliphatic heterocycles. The molecule has 0 fully saturated rings. The number of sulfonamides is 1. The summed E-state index contributed by atoms with van der Waals surface area (Å²) in [4.78, 5) is 12.0. The molecule has 0 heterocycles. The van der Waals surface area contributed by atoms with Crippen molar-refractivity contribution in [2.45, 2.75) is 18.6 Å². The van der Waals surface area contributed by atoms with Crippen molar-refractivity contribution in [1.29, 1.82) is 0 Å². The quantitative estimate of drug-likeness (QED) is 0.517. The van der Waals surface area contributed by atoms with Gasteiger partial charge in [-0.3, -0.25) is 9.10 Å². The van der Waals surface area contributed by atoms with E-state index in [1.807, 2.05) is 18.2 Å². The molecule has 0 radical (unpaired) electrons. The summed E-state index contributed by atoms with van der Waals surface area (Å²) in [7, 11) is -1.87. The Morgan fingerprint density at radius 1 is 1.10 bits per heavy atom. The zero-order chi connectivity index (χ0) is 21.1. The summed E-state index contributed by atoms with van der Waals surface area (Å²) >= 11 is 1.77. The van der Waals surface area contributed by atoms with E-state index in [2.05, 4.69) is 17.4 Å². The molecule has 0 saturated heterocycles. The maximum atomic E-state index is 12.1. The molecule has 0 atom stereocenters. The topological polar surface area (TPSA) is 75.7 Å². The molecule has 1 N–H and O–H groups in total. The van der Waals surface area contributed by atoms with E-state index < -0.39 is 10.0 Å². The molecule has 0 aromatic heterocycles. The van der Waals surface area contributed by atoms with Crippen LogP contribution in [0.3, 0.4) is 0 Å². The molecule has 158 valence electrons. The van der Waals surface area contributed by atoms with E-state index in [1.54, 1.807) is 43.1 Å². The average molecular weight is 437 g/mol. The number of methoxy groups -OCH3 is 1. The van der Waals surface area contributed by atoms with Gasteiger partial charge < -0.3 is 10.1 Å². The molecule has 2 aromatic rings. The molecule has 0 bridgehead atoms. The molecule has 0 saturated carbocycles. The Bertz CT molecular complexity index is 856. The largest absolute Gasteiger partial charge is 0.497 e. The number of benzene rings is 2. The van der Waals surface area contributed by atoms with Gasteiger partial charge in [-0.2, -0.15) is 11.8 Å². The highest BCUT2D eigenvalue weighted by Gasteiger charge is 2.17. The van der Waals surface area contributed by atoms with Gasteiger partial charge in [0.05, 0.1) is 19.1 Å². The fourth-order valence-electron chi connectivity index (χ4n) is 2.73. The number of carbonyl (C=O) groups excluding carboxylic acids is 1. The number of nitrogens with zero attached hydrogens (tertiary/aromatic N) is 1. The Morgan fingerprint density at radius 3 is 2.41 bits per heavy atom. The van der Waals surface area contributed by atoms with Gasteiger partial charge >= 0.3 is 0 Å². The first-order valence-electron chi connectivity index (χ1n) is 9.40. The lowest BCUT2D eigenvalue weighted by molar-refractivity contribution is -0.121. The highest BCUT2D eigenvalue weighted by atomic mass is 32.2. The van der Waals surface area contributed by atoms with Crippen molar-refractivity contribution < 1.29 is 17.9 Å². The van der Waals surface area contributed by atoms with Crippen LogP contribution in [0.15, 0.2) is 54.6 Å². The van der Waals surface area contributed by atoms with E-state index in [9.17, 15) is 13.2 Å². The minimum atomic E-state index is -3.43. The number of thioether (sulfide) groups is 1. The van der Waals surface area contributed by atoms with Gasteiger partial charge in [-0.1, -0.05) is 30.3 Å². The van der Waals surface area contributed by atoms with E-state index in [0.717, 1.165) is 11.5 Å². The molecule has 2 aromatic carbocycles. The Labute approximate surface area is 177 Å². The summed E-state index contributed by atoms with van der Waals surface area (Å²) in [5.74, 6) is 2.35. The first-order valence-corrected chi connectivity index (χ1v) is 12.4. The van der Waals surface area contributed by atoms with Crippen molar-refractivity contribution in [3.63, 3.8) is 0 Å². The van der Waals surface area contributed by atoms with Crippen molar-refractivity contribution in [2.75, 3.05) is 36.5 Å². The van der Waals surface area contributed by atoms with E-state index in [0.29, 0.717) is 24.4 Å². The van der Waals surface area contributed by atoms with Crippen molar-refractivity contribution in [1.82, 2.24) is 5.32 Å². The first-order chi connectivity index (χ1) is 13.9. The highest BCUT2D eigenvalue weighted by Crippen LogP contribution is 2.22. The summed E-state index contributed by atoms with van der Waals surface area (Å²) in [6, 6.07) is 17.0. The van der Waals surface area contributed by atoms with Gasteiger partial charge in [0.15, 0.2) is 0 Å². The smallest absolute Gasteiger partial charge is 0.232 e. The second-order valence-electron chi connectivity index (χ2n) is 6.52. The minimum absolute atomic E-state index is 0.0616. The Hall–Kier alpha value is -2.19. The van der Waals surface area contributed by atoms with Crippen molar-refractivity contribution >= 4 is 33.4 Å². The number of anilines is 1. The molecule has 0 aliphatic rings. The van der Waals surface area contributed by atoms with Gasteiger partial charge in [-0.05, 0) is 36.2 Å². The normalized spacial score (nSPS) is 11.1. The van der Waals surface area contributed by atoms with Crippen molar-refractivity contribution in [3.8, 4) is 5.75 Å². The van der Waals surface area contributed by atoms with Crippen LogP contribution in [0.1, 0.15) is 18.4 Å². The summed E-state index contributed by atoms with van der Waals surface area (Å²) < 4.78 is 30.6. The van der Waals surface area contributed by atoms with Crippen LogP contribution < -0.4 is 14.4 Å². The minimum Gasteiger partial charge on any atom is -0.497 e. The lowest BCUT2D eigenvalue weighted by Gasteiger charge is -2.22. The van der Waals surface area contributed by atoms with Crippen LogP contribution in [-0.2, 0) is 20.6 Å². The van der Waals surface area contributed by atoms with Crippen LogP contribution in [0.4, 0.5) is 5.69 Å². The number of nitrogens with one attached hydrogen (secondary N) is 1. The van der Waals surface area contributed by atoms with Crippen LogP contribution in [0.5, 0.6) is 5.75 Å². The van der Waals surface area contributed by atoms with E-state index >= 15 is 0 Å². The number of ether oxygens (including phenoxy) is 1. The van der Waals surface area contributed by atoms with Gasteiger partial charge in [0.25, 0.3) is 0 Å². The number of rotatable bonds is 12. The molecular weight excluding hydrogens is 408 g/mol. The van der Waals surface area contributed by atoms with Crippen LogP contribution in [0, 0.1) is 0 Å². The number of carbonyl (C=O) groups is 1. The third-order valence-corrected chi connectivity index (χ3v) is 6.43. The lowest BCUT2D eigenvalue weighted by Crippen LogP contribution is -2.32. The van der Waals surface area contributed by atoms with Crippen LogP contribution >= 0.6 is 11.8 Å². The maximum Gasteiger partial charge on any atom is 0.232 e. The van der Waals surface area contributed by atoms with Gasteiger partial charge in [0.1, 0.15) is 5.75 Å². The van der Waals surface area contributed by atoms with Gasteiger partial charge in [-0.25, -0.2) is 8.42 Å². The molecule has 0 unspecified atom stereocenters. The molecule has 2 rings (SSSR count). The van der Waals surface area contributed by atoms with E-state index in [1.165, 1.54) is 16.1 Å². The lowest BCUT2D eigenvalue weighted by atomic mass is 10.2. The second kappa shape index (κ2) is 11.7. The molecular formula is C21H28N2O4S2. The van der Waals surface area contributed by atoms with Crippen LogP contribution in [0.2, 0.25) is 0 Å². The molecule has 0 aliphatic carbocycles. The van der Waals surface area contributed by atoms with Gasteiger partial charge in [-0.15, -0.1) is 0 Å². The summed E-state index contributed by atoms with van der Waals surface area (Å²) in [5.41, 5.74) is 1.83. The summed E-state index contributed by atoms with van der Waals surface area (Å²) in [6.45, 7) is 0.853. The maximum absolute atomic E-state index is 12.1. The SMILES string of the molecule is COc1ccc(N(CCCC(=O)NCCSCc2ccccc2)S(C)(=O)=O)cc1. The van der Waals surface area contributed by atoms with Gasteiger partial charge in [0.2, 0.25) is 15.9 Å². The average Bonchev–Trinajstić information content (AvgIpc) is 2.71. The van der Waals surface area contributed by atoms with Crippen LogP contribution in [-0.4, -0.2) is 46.5 Å². The Kier molecular flexibility index (Phi) is 9.34. The van der Waals surface area contributed by atoms with E-state index in [-0.39, 0.29) is 18.9 Å². The Balaban J connectivity index is 1.70. The van der Waals surface area contributed by atoms with Crippen molar-refractivity contribution in [2.24, 2.45) is 0 Å². The van der Waals surface area contributed by atoms with Crippen molar-refractivity contribution in [3.05, 3.63) is 60.2 Å². The van der Waals surface area contributed by atoms with Crippen LogP contribution in [0.25, 0.3) is 0 Å². The second-order valence-corrected chi connectivity index (χ2v) is 9.54. The van der Waals surface area contributed by atoms with E-state index in [4.69, 9.17) is 4.74 Å². The fourth-order valence-corrected chi connectivity index (χ4v) is 4.52. The zero-order valence-corrected chi connectivity index (χ0v) is 18.5. The third-order valence-electron chi connectivity index (χ3n) is 4.21.